The van der Waals surface area contributed by atoms with E-state index in [0.717, 1.165) is 5.56 Å². The molecule has 2 aromatic carbocycles. The second-order valence-electron chi connectivity index (χ2n) is 6.58. The highest BCUT2D eigenvalue weighted by atomic mass is 16.6. The van der Waals surface area contributed by atoms with Crippen molar-refractivity contribution in [3.8, 4) is 0 Å². The molecule has 0 fully saturated rings. The summed E-state index contributed by atoms with van der Waals surface area (Å²) in [5, 5.41) is 21.4. The van der Waals surface area contributed by atoms with E-state index in [-0.39, 0.29) is 11.3 Å². The van der Waals surface area contributed by atoms with Gasteiger partial charge in [-0.15, -0.1) is 5.10 Å². The summed E-state index contributed by atoms with van der Waals surface area (Å²) in [5.41, 5.74) is 1.85. The van der Waals surface area contributed by atoms with Gasteiger partial charge in [0.15, 0.2) is 5.78 Å². The van der Waals surface area contributed by atoms with Crippen LogP contribution < -0.4 is 5.32 Å². The van der Waals surface area contributed by atoms with Gasteiger partial charge < -0.3 is 5.32 Å². The Hall–Kier alpha value is -4.40. The quantitative estimate of drug-likeness (QED) is 0.150. The zero-order valence-corrected chi connectivity index (χ0v) is 16.6. The van der Waals surface area contributed by atoms with Crippen LogP contribution in [0.2, 0.25) is 0 Å². The van der Waals surface area contributed by atoms with Crippen LogP contribution in [0.25, 0.3) is 6.08 Å². The fourth-order valence-electron chi connectivity index (χ4n) is 2.70. The van der Waals surface area contributed by atoms with E-state index >= 15 is 0 Å². The van der Waals surface area contributed by atoms with E-state index in [1.807, 2.05) is 30.3 Å². The van der Waals surface area contributed by atoms with E-state index in [0.29, 0.717) is 17.9 Å². The first-order chi connectivity index (χ1) is 14.9. The van der Waals surface area contributed by atoms with Crippen molar-refractivity contribution in [3.05, 3.63) is 99.9 Å². The molecule has 156 valence electrons. The second-order valence-corrected chi connectivity index (χ2v) is 6.58. The van der Waals surface area contributed by atoms with Crippen LogP contribution in [0, 0.1) is 10.1 Å². The van der Waals surface area contributed by atoms with Crippen LogP contribution in [0.1, 0.15) is 18.2 Å². The number of nitro benzene ring substituents is 1. The molecule has 0 radical (unpaired) electrons. The van der Waals surface area contributed by atoms with Gasteiger partial charge in [-0.1, -0.05) is 41.6 Å². The van der Waals surface area contributed by atoms with E-state index in [2.05, 4.69) is 15.6 Å². The summed E-state index contributed by atoms with van der Waals surface area (Å²) in [7, 11) is 0. The number of nitrogens with one attached hydrogen (secondary N) is 1. The molecule has 0 aliphatic heterocycles. The predicted octanol–water partition coefficient (Wildman–Crippen LogP) is 3.40. The molecule has 1 amide bonds. The summed E-state index contributed by atoms with van der Waals surface area (Å²) >= 11 is 0. The van der Waals surface area contributed by atoms with E-state index in [1.54, 1.807) is 23.0 Å². The average Bonchev–Trinajstić information content (AvgIpc) is 3.19. The number of non-ortho nitro benzene ring substituents is 1. The van der Waals surface area contributed by atoms with Crippen molar-refractivity contribution in [2.75, 3.05) is 5.32 Å². The van der Waals surface area contributed by atoms with Crippen LogP contribution in [0.4, 0.5) is 11.4 Å². The zero-order valence-electron chi connectivity index (χ0n) is 16.6. The van der Waals surface area contributed by atoms with Crippen molar-refractivity contribution in [3.63, 3.8) is 0 Å². The minimum Gasteiger partial charge on any atom is -0.322 e. The number of aromatic nitrogens is 3. The van der Waals surface area contributed by atoms with E-state index in [9.17, 15) is 19.7 Å². The third kappa shape index (κ3) is 6.04. The standard InChI is InChI=1S/C22H19N5O4/c1-16(28)21(22(29)23-18-10-12-20(13-11-18)27(30)31)9-5-8-19-15-26(25-24-19)14-17-6-3-2-4-7-17/h2-13,15H,14H2,1H3,(H,23,29)/b8-5+,21-9+. The SMILES string of the molecule is CC(=O)/C(=C\C=C\c1cn(Cc2ccccc2)nn1)C(=O)Nc1ccc([N+](=O)[O-])cc1. The lowest BCUT2D eigenvalue weighted by Crippen LogP contribution is -2.18. The molecule has 1 aromatic heterocycles. The molecule has 1 N–H and O–H groups in total. The highest BCUT2D eigenvalue weighted by Crippen LogP contribution is 2.16. The van der Waals surface area contributed by atoms with Gasteiger partial charge in [-0.2, -0.15) is 0 Å². The van der Waals surface area contributed by atoms with Gasteiger partial charge in [0.05, 0.1) is 23.2 Å². The van der Waals surface area contributed by atoms with Crippen LogP contribution >= 0.6 is 0 Å². The number of hydrogen-bond acceptors (Lipinski definition) is 6. The van der Waals surface area contributed by atoms with Crippen LogP contribution in [0.3, 0.4) is 0 Å². The lowest BCUT2D eigenvalue weighted by Gasteiger charge is -2.05. The van der Waals surface area contributed by atoms with Crippen molar-refractivity contribution in [1.29, 1.82) is 0 Å². The molecule has 0 bridgehead atoms. The van der Waals surface area contributed by atoms with Gasteiger partial charge in [0.2, 0.25) is 0 Å². The minimum atomic E-state index is -0.612. The van der Waals surface area contributed by atoms with Gasteiger partial charge in [-0.05, 0) is 36.8 Å². The molecule has 0 aliphatic carbocycles. The highest BCUT2D eigenvalue weighted by molar-refractivity contribution is 6.23. The molecule has 9 nitrogen and oxygen atoms in total. The predicted molar refractivity (Wildman–Crippen MR) is 115 cm³/mol. The number of carbonyl (C=O) groups is 2. The number of anilines is 1. The Morgan fingerprint density at radius 1 is 1.13 bits per heavy atom. The Kier molecular flexibility index (Phi) is 6.79. The molecule has 9 heteroatoms. The first-order valence-electron chi connectivity index (χ1n) is 9.31. The molecule has 0 spiro atoms. The molecule has 0 atom stereocenters. The van der Waals surface area contributed by atoms with Crippen molar-refractivity contribution in [1.82, 2.24) is 15.0 Å². The number of benzene rings is 2. The van der Waals surface area contributed by atoms with Crippen molar-refractivity contribution < 1.29 is 14.5 Å². The van der Waals surface area contributed by atoms with E-state index in [4.69, 9.17) is 0 Å². The Morgan fingerprint density at radius 2 is 1.84 bits per heavy atom. The highest BCUT2D eigenvalue weighted by Gasteiger charge is 2.14. The molecule has 3 aromatic rings. The summed E-state index contributed by atoms with van der Waals surface area (Å²) in [6.45, 7) is 1.86. The van der Waals surface area contributed by atoms with Crippen LogP contribution in [0.15, 0.2) is 78.5 Å². The second kappa shape index (κ2) is 9.88. The van der Waals surface area contributed by atoms with Crippen molar-refractivity contribution >= 4 is 29.1 Å². The Labute approximate surface area is 177 Å². The van der Waals surface area contributed by atoms with E-state index < -0.39 is 16.6 Å². The summed E-state index contributed by atoms with van der Waals surface area (Å²) in [4.78, 5) is 34.5. The number of allylic oxidation sites excluding steroid dienone is 2. The first kappa shape index (κ1) is 21.3. The summed E-state index contributed by atoms with van der Waals surface area (Å²) in [6.07, 6.45) is 6.32. The molecule has 0 aliphatic rings. The fourth-order valence-corrected chi connectivity index (χ4v) is 2.70. The number of hydrogen-bond donors (Lipinski definition) is 1. The maximum Gasteiger partial charge on any atom is 0.269 e. The van der Waals surface area contributed by atoms with Crippen molar-refractivity contribution in [2.24, 2.45) is 0 Å². The fraction of sp³-hybridized carbons (Fsp3) is 0.0909. The molecule has 0 unspecified atom stereocenters. The molecule has 3 rings (SSSR count). The van der Waals surface area contributed by atoms with Crippen molar-refractivity contribution in [2.45, 2.75) is 13.5 Å². The smallest absolute Gasteiger partial charge is 0.269 e. The zero-order chi connectivity index (χ0) is 22.2. The number of nitrogens with zero attached hydrogens (tertiary/aromatic N) is 4. The monoisotopic (exact) mass is 417 g/mol. The van der Waals surface area contributed by atoms with Crippen LogP contribution in [-0.4, -0.2) is 31.6 Å². The first-order valence-corrected chi connectivity index (χ1v) is 9.31. The lowest BCUT2D eigenvalue weighted by atomic mass is 10.1. The van der Waals surface area contributed by atoms with Gasteiger partial charge in [0.1, 0.15) is 5.69 Å². The average molecular weight is 417 g/mol. The number of carbonyl (C=O) groups excluding carboxylic acids is 2. The Bertz CT molecular complexity index is 1150. The van der Waals surface area contributed by atoms with Crippen LogP contribution in [0.5, 0.6) is 0 Å². The maximum absolute atomic E-state index is 12.4. The topological polar surface area (TPSA) is 120 Å². The third-order valence-corrected chi connectivity index (χ3v) is 4.23. The summed E-state index contributed by atoms with van der Waals surface area (Å²) in [6, 6.07) is 15.1. The molecule has 0 saturated heterocycles. The van der Waals surface area contributed by atoms with Gasteiger partial charge >= 0.3 is 0 Å². The number of nitro groups is 1. The number of amides is 1. The molecule has 1 heterocycles. The molecule has 31 heavy (non-hydrogen) atoms. The largest absolute Gasteiger partial charge is 0.322 e. The normalized spacial score (nSPS) is 11.5. The minimum absolute atomic E-state index is 0.0636. The molecular formula is C22H19N5O4. The van der Waals surface area contributed by atoms with Gasteiger partial charge in [0.25, 0.3) is 11.6 Å². The molecular weight excluding hydrogens is 398 g/mol. The maximum atomic E-state index is 12.4. The Balaban J connectivity index is 1.66. The van der Waals surface area contributed by atoms with E-state index in [1.165, 1.54) is 37.3 Å². The van der Waals surface area contributed by atoms with Crippen LogP contribution in [-0.2, 0) is 16.1 Å². The number of ketones is 1. The summed E-state index contributed by atoms with van der Waals surface area (Å²) in [5.74, 6) is -1.03. The summed E-state index contributed by atoms with van der Waals surface area (Å²) < 4.78 is 1.69. The van der Waals surface area contributed by atoms with Gasteiger partial charge in [-0.3, -0.25) is 19.7 Å². The Morgan fingerprint density at radius 3 is 2.48 bits per heavy atom. The third-order valence-electron chi connectivity index (χ3n) is 4.23. The lowest BCUT2D eigenvalue weighted by molar-refractivity contribution is -0.384. The number of rotatable bonds is 8. The number of Topliss-reactive ketones (excluding diaryl/α,β-unsaturated/α-hetero) is 1. The molecule has 0 saturated carbocycles. The van der Waals surface area contributed by atoms with Gasteiger partial charge in [-0.25, -0.2) is 4.68 Å². The van der Waals surface area contributed by atoms with Gasteiger partial charge in [0, 0.05) is 17.8 Å².